The van der Waals surface area contributed by atoms with Gasteiger partial charge >= 0.3 is 11.9 Å². The van der Waals surface area contributed by atoms with Crippen molar-refractivity contribution in [2.24, 2.45) is 23.2 Å². The number of ether oxygens (including phenoxy) is 2. The van der Waals surface area contributed by atoms with Crippen molar-refractivity contribution in [2.45, 2.75) is 213 Å². The Bertz CT molecular complexity index is 1540. The third-order valence-corrected chi connectivity index (χ3v) is 14.7. The molecule has 0 radical (unpaired) electrons. The first-order chi connectivity index (χ1) is 27.7. The number of thiazole rings is 1. The number of nitrogens with one attached hydrogen (secondary N) is 1. The Balaban J connectivity index is 1.16. The normalized spacial score (nSPS) is 23.7. The fourth-order valence-corrected chi connectivity index (χ4v) is 11.5. The molecule has 1 N–H and O–H groups in total. The van der Waals surface area contributed by atoms with Crippen LogP contribution in [-0.4, -0.2) is 28.9 Å². The molecule has 4 unspecified atom stereocenters. The van der Waals surface area contributed by atoms with Crippen molar-refractivity contribution in [2.75, 3.05) is 5.32 Å². The van der Waals surface area contributed by atoms with E-state index in [1.165, 1.54) is 112 Å². The Morgan fingerprint density at radius 3 is 2.04 bits per heavy atom. The fourth-order valence-electron chi connectivity index (χ4n) is 10.8. The predicted octanol–water partition coefficient (Wildman–Crippen LogP) is 13.6. The van der Waals surface area contributed by atoms with Gasteiger partial charge in [-0.15, -0.1) is 11.3 Å². The van der Waals surface area contributed by atoms with Gasteiger partial charge in [-0.3, -0.25) is 14.4 Å². The summed E-state index contributed by atoms with van der Waals surface area (Å²) in [5, 5.41) is 3.68. The molecular formula is C49H76N2O5S. The molecule has 0 spiro atoms. The van der Waals surface area contributed by atoms with Crippen LogP contribution in [0.3, 0.4) is 0 Å². The summed E-state index contributed by atoms with van der Waals surface area (Å²) in [6, 6.07) is 6.37. The van der Waals surface area contributed by atoms with Gasteiger partial charge in [-0.05, 0) is 105 Å². The molecular weight excluding hydrogens is 729 g/mol. The predicted molar refractivity (Wildman–Crippen MR) is 234 cm³/mol. The molecule has 5 rings (SSSR count). The standard InChI is InChI=1S/C49H76N2O5S/c1-5-7-9-11-13-15-17-19-21-23-45(53)55-39-27-29-40-37(33-39)25-28-42-41(40)31-32-49(4)43(56-46(54)24-22-20-18-16-14-12-10-8-6-2)34-38(47(42)49)26-30-44(52)51-48-50-35-36(3)57-48/h27,29,33,35,38,41-43,47H,5-26,28,30-32,34H2,1-4H3,(H,50,51,52)/t38-,41?,42?,43?,47?,49-/m1/s1. The highest BCUT2D eigenvalue weighted by Crippen LogP contribution is 2.64. The summed E-state index contributed by atoms with van der Waals surface area (Å²) in [5.41, 5.74) is 2.60. The van der Waals surface area contributed by atoms with Gasteiger partial charge in [0, 0.05) is 35.8 Å². The molecule has 8 heteroatoms. The highest BCUT2D eigenvalue weighted by molar-refractivity contribution is 7.15. The highest BCUT2D eigenvalue weighted by atomic mass is 32.1. The van der Waals surface area contributed by atoms with Crippen molar-refractivity contribution in [1.29, 1.82) is 0 Å². The van der Waals surface area contributed by atoms with Crippen LogP contribution in [0, 0.1) is 30.1 Å². The van der Waals surface area contributed by atoms with Crippen molar-refractivity contribution in [3.63, 3.8) is 0 Å². The number of aryl methyl sites for hydroxylation is 2. The van der Waals surface area contributed by atoms with E-state index in [0.29, 0.717) is 53.8 Å². The summed E-state index contributed by atoms with van der Waals surface area (Å²) in [4.78, 5) is 44.7. The number of carbonyl (C=O) groups excluding carboxylic acids is 3. The van der Waals surface area contributed by atoms with Crippen LogP contribution in [-0.2, 0) is 25.5 Å². The fraction of sp³-hybridized carbons (Fsp3) is 0.755. The molecule has 2 aromatic rings. The smallest absolute Gasteiger partial charge is 0.311 e. The molecule has 57 heavy (non-hydrogen) atoms. The lowest BCUT2D eigenvalue weighted by molar-refractivity contribution is -0.157. The number of benzene rings is 1. The number of hydrogen-bond donors (Lipinski definition) is 1. The number of esters is 2. The summed E-state index contributed by atoms with van der Waals surface area (Å²) >= 11 is 1.51. The van der Waals surface area contributed by atoms with Crippen LogP contribution in [0.4, 0.5) is 5.13 Å². The summed E-state index contributed by atoms with van der Waals surface area (Å²) in [7, 11) is 0. The first kappa shape index (κ1) is 45.3. The molecule has 0 bridgehead atoms. The zero-order valence-corrected chi connectivity index (χ0v) is 37.0. The number of amides is 1. The molecule has 318 valence electrons. The lowest BCUT2D eigenvalue weighted by Crippen LogP contribution is -2.46. The van der Waals surface area contributed by atoms with Crippen molar-refractivity contribution in [1.82, 2.24) is 4.98 Å². The van der Waals surface area contributed by atoms with E-state index in [2.05, 4.69) is 43.2 Å². The molecule has 2 saturated carbocycles. The Kier molecular flexibility index (Phi) is 18.9. The number of fused-ring (bicyclic) bond motifs is 5. The van der Waals surface area contributed by atoms with Crippen LogP contribution in [0.25, 0.3) is 0 Å². The maximum Gasteiger partial charge on any atom is 0.311 e. The van der Waals surface area contributed by atoms with E-state index < -0.39 is 0 Å². The molecule has 6 atom stereocenters. The summed E-state index contributed by atoms with van der Waals surface area (Å²) < 4.78 is 12.3. The molecule has 0 aliphatic heterocycles. The minimum atomic E-state index is -0.124. The Morgan fingerprint density at radius 2 is 1.42 bits per heavy atom. The van der Waals surface area contributed by atoms with E-state index in [1.807, 2.05) is 13.0 Å². The average molecular weight is 805 g/mol. The van der Waals surface area contributed by atoms with Crippen LogP contribution >= 0.6 is 11.3 Å². The third-order valence-electron chi connectivity index (χ3n) is 13.8. The van der Waals surface area contributed by atoms with Crippen molar-refractivity contribution < 1.29 is 23.9 Å². The second-order valence-electron chi connectivity index (χ2n) is 18.2. The highest BCUT2D eigenvalue weighted by Gasteiger charge is 2.60. The zero-order chi connectivity index (χ0) is 40.5. The van der Waals surface area contributed by atoms with Crippen LogP contribution < -0.4 is 10.1 Å². The van der Waals surface area contributed by atoms with Gasteiger partial charge in [-0.25, -0.2) is 4.98 Å². The monoisotopic (exact) mass is 805 g/mol. The first-order valence-electron chi connectivity index (χ1n) is 23.5. The number of hydrogen-bond acceptors (Lipinski definition) is 7. The first-order valence-corrected chi connectivity index (χ1v) is 24.3. The molecule has 0 saturated heterocycles. The Hall–Kier alpha value is -2.74. The number of unbranched alkanes of at least 4 members (excludes halogenated alkanes) is 16. The number of anilines is 1. The molecule has 3 aliphatic rings. The van der Waals surface area contributed by atoms with Crippen LogP contribution in [0.15, 0.2) is 24.4 Å². The summed E-state index contributed by atoms with van der Waals surface area (Å²) in [6.45, 7) is 8.89. The van der Waals surface area contributed by atoms with Gasteiger partial charge in [0.1, 0.15) is 11.9 Å². The second-order valence-corrected chi connectivity index (χ2v) is 19.4. The van der Waals surface area contributed by atoms with Gasteiger partial charge in [0.2, 0.25) is 5.91 Å². The molecule has 1 heterocycles. The third kappa shape index (κ3) is 13.6. The van der Waals surface area contributed by atoms with E-state index in [9.17, 15) is 14.4 Å². The van der Waals surface area contributed by atoms with Gasteiger partial charge < -0.3 is 14.8 Å². The minimum absolute atomic E-state index is 0.0121. The van der Waals surface area contributed by atoms with Crippen molar-refractivity contribution in [3.8, 4) is 5.75 Å². The SMILES string of the molecule is CCCCCCCCCCCC(=O)Oc1ccc2c(c1)CCC1C2CC[C@]2(C)C(OC(=O)CCCCCCCCCCC)C[C@@H](CCC(=O)Nc3ncc(C)s3)C12. The summed E-state index contributed by atoms with van der Waals surface area (Å²) in [6.07, 6.45) is 30.9. The molecule has 1 aromatic carbocycles. The Morgan fingerprint density at radius 1 is 0.807 bits per heavy atom. The van der Waals surface area contributed by atoms with Crippen LogP contribution in [0.2, 0.25) is 0 Å². The molecule has 3 aliphatic carbocycles. The van der Waals surface area contributed by atoms with E-state index >= 15 is 0 Å². The van der Waals surface area contributed by atoms with Gasteiger partial charge in [-0.2, -0.15) is 0 Å². The average Bonchev–Trinajstić information content (AvgIpc) is 3.73. The topological polar surface area (TPSA) is 94.6 Å². The maximum atomic E-state index is 13.4. The number of aromatic nitrogens is 1. The van der Waals surface area contributed by atoms with E-state index in [4.69, 9.17) is 9.47 Å². The molecule has 7 nitrogen and oxygen atoms in total. The molecule has 2 fully saturated rings. The van der Waals surface area contributed by atoms with E-state index in [0.717, 1.165) is 69.1 Å². The van der Waals surface area contributed by atoms with Crippen LogP contribution in [0.5, 0.6) is 5.75 Å². The largest absolute Gasteiger partial charge is 0.462 e. The number of rotatable bonds is 26. The van der Waals surface area contributed by atoms with Gasteiger partial charge in [0.25, 0.3) is 0 Å². The minimum Gasteiger partial charge on any atom is -0.462 e. The van der Waals surface area contributed by atoms with E-state index in [-0.39, 0.29) is 29.4 Å². The van der Waals surface area contributed by atoms with Crippen molar-refractivity contribution in [3.05, 3.63) is 40.4 Å². The lowest BCUT2D eigenvalue weighted by atomic mass is 9.53. The second kappa shape index (κ2) is 23.7. The van der Waals surface area contributed by atoms with E-state index in [1.54, 1.807) is 6.20 Å². The van der Waals surface area contributed by atoms with Gasteiger partial charge in [0.15, 0.2) is 5.13 Å². The molecule has 1 amide bonds. The quantitative estimate of drug-likeness (QED) is 0.0578. The van der Waals surface area contributed by atoms with Gasteiger partial charge in [0.05, 0.1) is 0 Å². The number of carbonyl (C=O) groups is 3. The maximum absolute atomic E-state index is 13.4. The number of nitrogens with zero attached hydrogens (tertiary/aromatic N) is 1. The Labute approximate surface area is 349 Å². The van der Waals surface area contributed by atoms with Crippen molar-refractivity contribution >= 4 is 34.3 Å². The summed E-state index contributed by atoms with van der Waals surface area (Å²) in [5.74, 6) is 2.08. The lowest BCUT2D eigenvalue weighted by Gasteiger charge is -2.51. The van der Waals surface area contributed by atoms with Crippen LogP contribution in [0.1, 0.15) is 210 Å². The zero-order valence-electron chi connectivity index (χ0n) is 36.2. The van der Waals surface area contributed by atoms with Gasteiger partial charge in [-0.1, -0.05) is 130 Å². The molecule has 1 aromatic heterocycles.